The van der Waals surface area contributed by atoms with Crippen molar-refractivity contribution in [3.05, 3.63) is 42.1 Å². The topological polar surface area (TPSA) is 68.3 Å². The summed E-state index contributed by atoms with van der Waals surface area (Å²) in [6.45, 7) is 2.03. The normalized spacial score (nSPS) is 11.9. The summed E-state index contributed by atoms with van der Waals surface area (Å²) in [6, 6.07) is 10.4. The fraction of sp³-hybridized carbons (Fsp3) is 0.353. The van der Waals surface area contributed by atoms with Gasteiger partial charge in [0, 0.05) is 5.39 Å². The predicted molar refractivity (Wildman–Crippen MR) is 84.5 cm³/mol. The zero-order chi connectivity index (χ0) is 15.9. The summed E-state index contributed by atoms with van der Waals surface area (Å²) in [5, 5.41) is 3.67. The SMILES string of the molecule is CCCC[C@H](NC(=O)c1ccc2ccccc2n1)C(=O)OC. The van der Waals surface area contributed by atoms with Gasteiger partial charge in [-0.05, 0) is 18.6 Å². The Labute approximate surface area is 129 Å². The van der Waals surface area contributed by atoms with Crippen LogP contribution in [0, 0.1) is 0 Å². The van der Waals surface area contributed by atoms with Gasteiger partial charge in [0.1, 0.15) is 11.7 Å². The van der Waals surface area contributed by atoms with Gasteiger partial charge in [-0.3, -0.25) is 4.79 Å². The van der Waals surface area contributed by atoms with Crippen molar-refractivity contribution < 1.29 is 14.3 Å². The van der Waals surface area contributed by atoms with Crippen LogP contribution in [0.2, 0.25) is 0 Å². The number of methoxy groups -OCH3 is 1. The van der Waals surface area contributed by atoms with Gasteiger partial charge in [0.2, 0.25) is 0 Å². The van der Waals surface area contributed by atoms with Crippen molar-refractivity contribution in [2.75, 3.05) is 7.11 Å². The molecule has 5 heteroatoms. The molecule has 116 valence electrons. The van der Waals surface area contributed by atoms with Crippen LogP contribution < -0.4 is 5.32 Å². The van der Waals surface area contributed by atoms with Crippen LogP contribution in [0.15, 0.2) is 36.4 Å². The highest BCUT2D eigenvalue weighted by Gasteiger charge is 2.22. The maximum atomic E-state index is 12.3. The molecule has 1 aromatic heterocycles. The predicted octanol–water partition coefficient (Wildman–Crippen LogP) is 2.70. The lowest BCUT2D eigenvalue weighted by molar-refractivity contribution is -0.143. The Kier molecular flexibility index (Phi) is 5.47. The molecule has 0 spiro atoms. The van der Waals surface area contributed by atoms with Crippen LogP contribution in [0.25, 0.3) is 10.9 Å². The smallest absolute Gasteiger partial charge is 0.328 e. The van der Waals surface area contributed by atoms with E-state index in [-0.39, 0.29) is 5.91 Å². The van der Waals surface area contributed by atoms with Crippen LogP contribution in [-0.4, -0.2) is 30.0 Å². The number of unbranched alkanes of at least 4 members (excludes halogenated alkanes) is 1. The van der Waals surface area contributed by atoms with Crippen molar-refractivity contribution in [2.45, 2.75) is 32.2 Å². The molecule has 1 amide bonds. The van der Waals surface area contributed by atoms with E-state index in [1.54, 1.807) is 6.07 Å². The Morgan fingerprint density at radius 3 is 2.73 bits per heavy atom. The third kappa shape index (κ3) is 3.81. The van der Waals surface area contributed by atoms with Gasteiger partial charge in [-0.2, -0.15) is 0 Å². The number of carbonyl (C=O) groups is 2. The molecule has 0 aliphatic heterocycles. The molecule has 0 saturated heterocycles. The van der Waals surface area contributed by atoms with E-state index in [1.807, 2.05) is 37.3 Å². The summed E-state index contributed by atoms with van der Waals surface area (Å²) in [6.07, 6.45) is 2.34. The second kappa shape index (κ2) is 7.54. The molecule has 0 bridgehead atoms. The first-order valence-corrected chi connectivity index (χ1v) is 7.40. The number of amides is 1. The quantitative estimate of drug-likeness (QED) is 0.833. The molecule has 22 heavy (non-hydrogen) atoms. The number of pyridine rings is 1. The van der Waals surface area contributed by atoms with Crippen molar-refractivity contribution in [3.8, 4) is 0 Å². The van der Waals surface area contributed by atoms with Crippen molar-refractivity contribution in [3.63, 3.8) is 0 Å². The number of nitrogens with one attached hydrogen (secondary N) is 1. The second-order valence-corrected chi connectivity index (χ2v) is 5.08. The fourth-order valence-corrected chi connectivity index (χ4v) is 2.22. The van der Waals surface area contributed by atoms with Crippen LogP contribution in [0.1, 0.15) is 36.7 Å². The molecule has 1 N–H and O–H groups in total. The molecule has 1 heterocycles. The van der Waals surface area contributed by atoms with E-state index in [4.69, 9.17) is 4.74 Å². The number of carbonyl (C=O) groups excluding carboxylic acids is 2. The van der Waals surface area contributed by atoms with E-state index in [0.717, 1.165) is 23.7 Å². The van der Waals surface area contributed by atoms with Crippen LogP contribution in [0.4, 0.5) is 0 Å². The van der Waals surface area contributed by atoms with Gasteiger partial charge in [-0.15, -0.1) is 0 Å². The lowest BCUT2D eigenvalue weighted by Gasteiger charge is -2.16. The average Bonchev–Trinajstić information content (AvgIpc) is 2.57. The number of para-hydroxylation sites is 1. The Balaban J connectivity index is 2.15. The molecule has 1 aromatic carbocycles. The molecule has 5 nitrogen and oxygen atoms in total. The molecule has 2 rings (SSSR count). The Hall–Kier alpha value is -2.43. The minimum atomic E-state index is -0.634. The van der Waals surface area contributed by atoms with E-state index in [9.17, 15) is 9.59 Å². The highest BCUT2D eigenvalue weighted by molar-refractivity contribution is 5.97. The number of rotatable bonds is 6. The summed E-state index contributed by atoms with van der Waals surface area (Å²) >= 11 is 0. The van der Waals surface area contributed by atoms with E-state index >= 15 is 0 Å². The monoisotopic (exact) mass is 300 g/mol. The number of aromatic nitrogens is 1. The summed E-state index contributed by atoms with van der Waals surface area (Å²) in [5.74, 6) is -0.792. The van der Waals surface area contributed by atoms with Gasteiger partial charge in [-0.25, -0.2) is 9.78 Å². The van der Waals surface area contributed by atoms with Gasteiger partial charge >= 0.3 is 5.97 Å². The van der Waals surface area contributed by atoms with E-state index in [1.165, 1.54) is 7.11 Å². The number of esters is 1. The maximum Gasteiger partial charge on any atom is 0.328 e. The summed E-state index contributed by atoms with van der Waals surface area (Å²) in [4.78, 5) is 28.4. The molecular formula is C17H20N2O3. The first-order chi connectivity index (χ1) is 10.7. The Morgan fingerprint density at radius 1 is 1.23 bits per heavy atom. The third-order valence-corrected chi connectivity index (χ3v) is 3.47. The molecular weight excluding hydrogens is 280 g/mol. The summed E-state index contributed by atoms with van der Waals surface area (Å²) < 4.78 is 4.74. The van der Waals surface area contributed by atoms with E-state index in [0.29, 0.717) is 12.1 Å². The zero-order valence-electron chi connectivity index (χ0n) is 12.8. The van der Waals surface area contributed by atoms with Crippen molar-refractivity contribution in [2.24, 2.45) is 0 Å². The highest BCUT2D eigenvalue weighted by Crippen LogP contribution is 2.12. The van der Waals surface area contributed by atoms with Crippen LogP contribution in [0.3, 0.4) is 0 Å². The first-order valence-electron chi connectivity index (χ1n) is 7.40. The number of benzene rings is 1. The zero-order valence-corrected chi connectivity index (χ0v) is 12.8. The lowest BCUT2D eigenvalue weighted by Crippen LogP contribution is -2.41. The number of hydrogen-bond acceptors (Lipinski definition) is 4. The second-order valence-electron chi connectivity index (χ2n) is 5.08. The van der Waals surface area contributed by atoms with Crippen molar-refractivity contribution >= 4 is 22.8 Å². The summed E-state index contributed by atoms with van der Waals surface area (Å²) in [7, 11) is 1.32. The Morgan fingerprint density at radius 2 is 2.00 bits per heavy atom. The number of nitrogens with zero attached hydrogens (tertiary/aromatic N) is 1. The molecule has 0 fully saturated rings. The maximum absolute atomic E-state index is 12.3. The first kappa shape index (κ1) is 15.9. The van der Waals surface area contributed by atoms with Crippen LogP contribution in [0.5, 0.6) is 0 Å². The minimum absolute atomic E-state index is 0.295. The number of fused-ring (bicyclic) bond motifs is 1. The molecule has 0 aliphatic carbocycles. The van der Waals surface area contributed by atoms with Gasteiger partial charge in [0.15, 0.2) is 0 Å². The summed E-state index contributed by atoms with van der Waals surface area (Å²) in [5.41, 5.74) is 1.04. The van der Waals surface area contributed by atoms with E-state index in [2.05, 4.69) is 10.3 Å². The lowest BCUT2D eigenvalue weighted by atomic mass is 10.1. The van der Waals surface area contributed by atoms with Crippen molar-refractivity contribution in [1.82, 2.24) is 10.3 Å². The molecule has 0 radical (unpaired) electrons. The van der Waals surface area contributed by atoms with Gasteiger partial charge in [-0.1, -0.05) is 44.0 Å². The number of hydrogen-bond donors (Lipinski definition) is 1. The number of ether oxygens (including phenoxy) is 1. The standard InChI is InChI=1S/C17H20N2O3/c1-3-4-8-15(17(21)22-2)19-16(20)14-11-10-12-7-5-6-9-13(12)18-14/h5-7,9-11,15H,3-4,8H2,1-2H3,(H,19,20)/t15-/m0/s1. The molecule has 1 atom stereocenters. The minimum Gasteiger partial charge on any atom is -0.467 e. The van der Waals surface area contributed by atoms with E-state index < -0.39 is 12.0 Å². The van der Waals surface area contributed by atoms with Crippen molar-refractivity contribution in [1.29, 1.82) is 0 Å². The average molecular weight is 300 g/mol. The third-order valence-electron chi connectivity index (χ3n) is 3.47. The van der Waals surface area contributed by atoms with Gasteiger partial charge < -0.3 is 10.1 Å². The van der Waals surface area contributed by atoms with Gasteiger partial charge in [0.05, 0.1) is 12.6 Å². The van der Waals surface area contributed by atoms with Crippen LogP contribution in [-0.2, 0) is 9.53 Å². The highest BCUT2D eigenvalue weighted by atomic mass is 16.5. The Bertz CT molecular complexity index is 670. The van der Waals surface area contributed by atoms with Crippen LogP contribution >= 0.6 is 0 Å². The largest absolute Gasteiger partial charge is 0.467 e. The molecule has 0 unspecified atom stereocenters. The molecule has 2 aromatic rings. The fourth-order valence-electron chi connectivity index (χ4n) is 2.22. The molecule has 0 saturated carbocycles. The van der Waals surface area contributed by atoms with Gasteiger partial charge in [0.25, 0.3) is 5.91 Å². The molecule has 0 aliphatic rings.